The van der Waals surface area contributed by atoms with Crippen molar-refractivity contribution in [3.05, 3.63) is 69.3 Å². The molecular formula is C20H14Cl2N4OS. The molecular weight excluding hydrogens is 415 g/mol. The van der Waals surface area contributed by atoms with Crippen molar-refractivity contribution in [3.8, 4) is 5.13 Å². The summed E-state index contributed by atoms with van der Waals surface area (Å²) in [6.45, 7) is 0. The van der Waals surface area contributed by atoms with Gasteiger partial charge in [0.05, 0.1) is 26.5 Å². The van der Waals surface area contributed by atoms with Crippen LogP contribution in [-0.2, 0) is 12.8 Å². The van der Waals surface area contributed by atoms with Crippen molar-refractivity contribution >= 4 is 56.5 Å². The van der Waals surface area contributed by atoms with E-state index in [0.717, 1.165) is 45.9 Å². The smallest absolute Gasteiger partial charge is 0.258 e. The zero-order valence-corrected chi connectivity index (χ0v) is 16.9. The number of fused-ring (bicyclic) bond motifs is 2. The highest BCUT2D eigenvalue weighted by Crippen LogP contribution is 2.34. The number of nitrogens with zero attached hydrogens (tertiary/aromatic N) is 3. The maximum Gasteiger partial charge on any atom is 0.258 e. The number of hydrogen-bond acceptors (Lipinski definition) is 4. The number of anilines is 1. The fourth-order valence-electron chi connectivity index (χ4n) is 3.46. The summed E-state index contributed by atoms with van der Waals surface area (Å²) in [6.07, 6.45) is 2.81. The van der Waals surface area contributed by atoms with Crippen molar-refractivity contribution in [1.82, 2.24) is 14.8 Å². The maximum absolute atomic E-state index is 12.9. The van der Waals surface area contributed by atoms with Gasteiger partial charge in [-0.25, -0.2) is 4.98 Å². The fraction of sp³-hybridized carbons (Fsp3) is 0.150. The van der Waals surface area contributed by atoms with Crippen LogP contribution in [0.3, 0.4) is 0 Å². The third-order valence-electron chi connectivity index (χ3n) is 4.78. The molecule has 0 aliphatic heterocycles. The van der Waals surface area contributed by atoms with Crippen LogP contribution in [0.5, 0.6) is 0 Å². The van der Waals surface area contributed by atoms with Crippen LogP contribution in [0.1, 0.15) is 28.0 Å². The summed E-state index contributed by atoms with van der Waals surface area (Å²) in [7, 11) is 0. The van der Waals surface area contributed by atoms with Gasteiger partial charge >= 0.3 is 0 Å². The van der Waals surface area contributed by atoms with Crippen LogP contribution < -0.4 is 5.32 Å². The van der Waals surface area contributed by atoms with Gasteiger partial charge in [-0.15, -0.1) is 0 Å². The summed E-state index contributed by atoms with van der Waals surface area (Å²) in [4.78, 5) is 17.6. The molecule has 0 spiro atoms. The van der Waals surface area contributed by atoms with E-state index in [1.165, 1.54) is 0 Å². The minimum Gasteiger partial charge on any atom is -0.306 e. The second-order valence-electron chi connectivity index (χ2n) is 6.58. The number of aromatic nitrogens is 3. The van der Waals surface area contributed by atoms with Gasteiger partial charge < -0.3 is 5.32 Å². The average molecular weight is 429 g/mol. The topological polar surface area (TPSA) is 59.8 Å². The Hall–Kier alpha value is -2.41. The Labute approximate surface area is 174 Å². The van der Waals surface area contributed by atoms with E-state index in [4.69, 9.17) is 28.3 Å². The van der Waals surface area contributed by atoms with E-state index in [9.17, 15) is 4.79 Å². The number of para-hydroxylation sites is 1. The molecule has 2 aromatic carbocycles. The predicted molar refractivity (Wildman–Crippen MR) is 113 cm³/mol. The molecule has 5 nitrogen and oxygen atoms in total. The summed E-state index contributed by atoms with van der Waals surface area (Å²) in [5.74, 6) is 0.376. The number of benzene rings is 2. The molecule has 0 radical (unpaired) electrons. The largest absolute Gasteiger partial charge is 0.306 e. The Kier molecular flexibility index (Phi) is 4.34. The van der Waals surface area contributed by atoms with Crippen LogP contribution in [0.4, 0.5) is 5.82 Å². The number of amides is 1. The summed E-state index contributed by atoms with van der Waals surface area (Å²) < 4.78 is 2.82. The van der Waals surface area contributed by atoms with E-state index < -0.39 is 0 Å². The molecule has 0 unspecified atom stereocenters. The number of carbonyl (C=O) groups is 1. The SMILES string of the molecule is O=C(Nc1c2c(nn1-c1nc3ccccc3s1)CCC2)c1ccc(Cl)cc1Cl. The molecule has 8 heteroatoms. The summed E-state index contributed by atoms with van der Waals surface area (Å²) >= 11 is 13.7. The van der Waals surface area contributed by atoms with Crippen molar-refractivity contribution in [3.63, 3.8) is 0 Å². The summed E-state index contributed by atoms with van der Waals surface area (Å²) in [5, 5.41) is 9.28. The first-order valence-electron chi connectivity index (χ1n) is 8.83. The van der Waals surface area contributed by atoms with Gasteiger partial charge in [0.1, 0.15) is 5.82 Å². The van der Waals surface area contributed by atoms with Crippen LogP contribution in [0.25, 0.3) is 15.3 Å². The van der Waals surface area contributed by atoms with Crippen molar-refractivity contribution < 1.29 is 4.79 Å². The quantitative estimate of drug-likeness (QED) is 0.466. The summed E-state index contributed by atoms with van der Waals surface area (Å²) in [5.41, 5.74) is 3.36. The molecule has 0 saturated heterocycles. The van der Waals surface area contributed by atoms with E-state index in [0.29, 0.717) is 21.4 Å². The van der Waals surface area contributed by atoms with Crippen LogP contribution >= 0.6 is 34.5 Å². The molecule has 0 atom stereocenters. The Bertz CT molecular complexity index is 1200. The number of nitrogens with one attached hydrogen (secondary N) is 1. The Morgan fingerprint density at radius 2 is 2.00 bits per heavy atom. The lowest BCUT2D eigenvalue weighted by Crippen LogP contribution is -2.16. The zero-order chi connectivity index (χ0) is 19.3. The van der Waals surface area contributed by atoms with Crippen LogP contribution in [0, 0.1) is 0 Å². The van der Waals surface area contributed by atoms with Crippen molar-refractivity contribution in [2.45, 2.75) is 19.3 Å². The number of thiazole rings is 1. The normalized spacial score (nSPS) is 13.1. The lowest BCUT2D eigenvalue weighted by atomic mass is 10.2. The van der Waals surface area contributed by atoms with Gasteiger partial charge in [-0.05, 0) is 49.6 Å². The van der Waals surface area contributed by atoms with Gasteiger partial charge in [0.15, 0.2) is 0 Å². The van der Waals surface area contributed by atoms with E-state index >= 15 is 0 Å². The lowest BCUT2D eigenvalue weighted by molar-refractivity contribution is 0.102. The highest BCUT2D eigenvalue weighted by molar-refractivity contribution is 7.20. The van der Waals surface area contributed by atoms with Crippen LogP contribution in [0.15, 0.2) is 42.5 Å². The molecule has 1 N–H and O–H groups in total. The van der Waals surface area contributed by atoms with E-state index in [-0.39, 0.29) is 5.91 Å². The van der Waals surface area contributed by atoms with E-state index in [1.54, 1.807) is 34.2 Å². The molecule has 1 aliphatic carbocycles. The van der Waals surface area contributed by atoms with E-state index in [1.807, 2.05) is 24.3 Å². The first-order chi connectivity index (χ1) is 13.6. The maximum atomic E-state index is 12.9. The molecule has 2 aromatic heterocycles. The third kappa shape index (κ3) is 2.98. The summed E-state index contributed by atoms with van der Waals surface area (Å²) in [6, 6.07) is 12.8. The highest BCUT2D eigenvalue weighted by atomic mass is 35.5. The van der Waals surface area contributed by atoms with Crippen molar-refractivity contribution in [1.29, 1.82) is 0 Å². The van der Waals surface area contributed by atoms with Gasteiger partial charge in [0.2, 0.25) is 5.13 Å². The second kappa shape index (κ2) is 6.88. The van der Waals surface area contributed by atoms with E-state index in [2.05, 4.69) is 10.3 Å². The molecule has 2 heterocycles. The molecule has 1 amide bonds. The average Bonchev–Trinajstić information content (AvgIpc) is 3.36. The third-order valence-corrected chi connectivity index (χ3v) is 6.34. The standard InChI is InChI=1S/C20H14Cl2N4OS/c21-11-8-9-12(14(22)10-11)19(27)24-18-13-4-3-6-15(13)25-26(18)20-23-16-5-1-2-7-17(16)28-20/h1-2,5,7-10H,3-4,6H2,(H,24,27). The lowest BCUT2D eigenvalue weighted by Gasteiger charge is -2.10. The fourth-order valence-corrected chi connectivity index (χ4v) is 4.88. The number of carbonyl (C=O) groups excluding carboxylic acids is 1. The Morgan fingerprint density at radius 1 is 1.14 bits per heavy atom. The second-order valence-corrected chi connectivity index (χ2v) is 8.43. The molecule has 4 aromatic rings. The van der Waals surface area contributed by atoms with Crippen molar-refractivity contribution in [2.24, 2.45) is 0 Å². The van der Waals surface area contributed by atoms with Crippen LogP contribution in [0.2, 0.25) is 10.0 Å². The zero-order valence-electron chi connectivity index (χ0n) is 14.6. The molecule has 0 saturated carbocycles. The predicted octanol–water partition coefficient (Wildman–Crippen LogP) is 5.53. The first-order valence-corrected chi connectivity index (χ1v) is 10.4. The minimum atomic E-state index is -0.293. The molecule has 5 rings (SSSR count). The molecule has 1 aliphatic rings. The van der Waals surface area contributed by atoms with Gasteiger partial charge in [0, 0.05) is 10.6 Å². The highest BCUT2D eigenvalue weighted by Gasteiger charge is 2.26. The molecule has 0 fully saturated rings. The monoisotopic (exact) mass is 428 g/mol. The molecule has 140 valence electrons. The number of hydrogen-bond donors (Lipinski definition) is 1. The van der Waals surface area contributed by atoms with Gasteiger partial charge in [-0.3, -0.25) is 4.79 Å². The number of rotatable bonds is 3. The molecule has 0 bridgehead atoms. The first kappa shape index (κ1) is 17.7. The number of aryl methyl sites for hydroxylation is 1. The van der Waals surface area contributed by atoms with Crippen LogP contribution in [-0.4, -0.2) is 20.7 Å². The Balaban J connectivity index is 1.58. The minimum absolute atomic E-state index is 0.293. The molecule has 28 heavy (non-hydrogen) atoms. The number of halogens is 2. The Morgan fingerprint density at radius 3 is 2.82 bits per heavy atom. The van der Waals surface area contributed by atoms with Gasteiger partial charge in [-0.1, -0.05) is 46.7 Å². The van der Waals surface area contributed by atoms with Gasteiger partial charge in [0.25, 0.3) is 5.91 Å². The van der Waals surface area contributed by atoms with Crippen molar-refractivity contribution in [2.75, 3.05) is 5.32 Å². The van der Waals surface area contributed by atoms with Gasteiger partial charge in [-0.2, -0.15) is 9.78 Å².